The molecule has 0 aliphatic carbocycles. The molecule has 17 heavy (non-hydrogen) atoms. The summed E-state index contributed by atoms with van der Waals surface area (Å²) in [6.45, 7) is 6.23. The number of aromatic amines is 1. The van der Waals surface area contributed by atoms with Crippen molar-refractivity contribution in [2.24, 2.45) is 0 Å². The molecule has 3 nitrogen and oxygen atoms in total. The number of aromatic carboxylic acids is 1. The third-order valence-corrected chi connectivity index (χ3v) is 3.16. The van der Waals surface area contributed by atoms with Crippen molar-refractivity contribution >= 4 is 16.9 Å². The quantitative estimate of drug-likeness (QED) is 0.848. The number of carboxylic acids is 1. The lowest BCUT2D eigenvalue weighted by molar-refractivity contribution is 0.0697. The first-order valence-electron chi connectivity index (χ1n) is 5.91. The molecule has 0 bridgehead atoms. The summed E-state index contributed by atoms with van der Waals surface area (Å²) in [6.07, 6.45) is 2.88. The summed E-state index contributed by atoms with van der Waals surface area (Å²) in [5, 5.41) is 10.2. The van der Waals surface area contributed by atoms with Crippen LogP contribution in [0.5, 0.6) is 0 Å². The number of carboxylic acid groups (broad SMARTS) is 1. The molecular formula is C14H17NO2. The third-order valence-electron chi connectivity index (χ3n) is 3.16. The monoisotopic (exact) mass is 231 g/mol. The van der Waals surface area contributed by atoms with Gasteiger partial charge >= 0.3 is 5.97 Å². The van der Waals surface area contributed by atoms with Crippen LogP contribution in [0.25, 0.3) is 10.9 Å². The normalized spacial score (nSPS) is 11.3. The van der Waals surface area contributed by atoms with Gasteiger partial charge in [-0.25, -0.2) is 4.79 Å². The smallest absolute Gasteiger partial charge is 0.335 e. The van der Waals surface area contributed by atoms with E-state index >= 15 is 0 Å². The molecule has 0 unspecified atom stereocenters. The van der Waals surface area contributed by atoms with E-state index in [-0.39, 0.29) is 0 Å². The predicted octanol–water partition coefficient (Wildman–Crippen LogP) is 3.55. The van der Waals surface area contributed by atoms with E-state index in [1.54, 1.807) is 12.1 Å². The SMILES string of the molecule is CCc1c[nH]c2c(C(C)C)cc(C(=O)O)cc12. The molecule has 1 aromatic heterocycles. The molecule has 1 heterocycles. The average molecular weight is 231 g/mol. The van der Waals surface area contributed by atoms with Crippen molar-refractivity contribution in [3.8, 4) is 0 Å². The number of rotatable bonds is 3. The highest BCUT2D eigenvalue weighted by Crippen LogP contribution is 2.29. The number of nitrogens with one attached hydrogen (secondary N) is 1. The Morgan fingerprint density at radius 3 is 2.65 bits per heavy atom. The standard InChI is InChI=1S/C14H17NO2/c1-4-9-7-15-13-11(8(2)3)5-10(14(16)17)6-12(9)13/h5-8,15H,4H2,1-3H3,(H,16,17). The van der Waals surface area contributed by atoms with Crippen LogP contribution in [0.15, 0.2) is 18.3 Å². The predicted molar refractivity (Wildman–Crippen MR) is 68.7 cm³/mol. The van der Waals surface area contributed by atoms with Crippen LogP contribution >= 0.6 is 0 Å². The molecule has 0 aliphatic rings. The number of benzene rings is 1. The Morgan fingerprint density at radius 1 is 1.41 bits per heavy atom. The number of hydrogen-bond acceptors (Lipinski definition) is 1. The second kappa shape index (κ2) is 4.24. The molecule has 2 rings (SSSR count). The Labute approximate surface area is 100 Å². The van der Waals surface area contributed by atoms with Crippen molar-refractivity contribution < 1.29 is 9.90 Å². The second-order valence-electron chi connectivity index (χ2n) is 4.62. The molecule has 0 radical (unpaired) electrons. The fourth-order valence-electron chi connectivity index (χ4n) is 2.19. The van der Waals surface area contributed by atoms with Crippen molar-refractivity contribution in [1.82, 2.24) is 4.98 Å². The molecule has 0 aliphatic heterocycles. The molecule has 3 heteroatoms. The van der Waals surface area contributed by atoms with E-state index in [1.165, 1.54) is 5.56 Å². The van der Waals surface area contributed by atoms with Gasteiger partial charge in [0.05, 0.1) is 5.56 Å². The van der Waals surface area contributed by atoms with Crippen LogP contribution in [0.3, 0.4) is 0 Å². The maximum Gasteiger partial charge on any atom is 0.335 e. The highest BCUT2D eigenvalue weighted by Gasteiger charge is 2.14. The van der Waals surface area contributed by atoms with Crippen molar-refractivity contribution in [3.63, 3.8) is 0 Å². The van der Waals surface area contributed by atoms with E-state index in [1.807, 2.05) is 6.20 Å². The lowest BCUT2D eigenvalue weighted by atomic mass is 9.96. The third kappa shape index (κ3) is 1.93. The minimum Gasteiger partial charge on any atom is -0.478 e. The van der Waals surface area contributed by atoms with Crippen LogP contribution in [0, 0.1) is 0 Å². The number of carbonyl (C=O) groups is 1. The number of fused-ring (bicyclic) bond motifs is 1. The summed E-state index contributed by atoms with van der Waals surface area (Å²) < 4.78 is 0. The van der Waals surface area contributed by atoms with Crippen molar-refractivity contribution in [2.45, 2.75) is 33.1 Å². The minimum atomic E-state index is -0.864. The van der Waals surface area contributed by atoms with Gasteiger partial charge in [-0.05, 0) is 35.6 Å². The molecule has 0 atom stereocenters. The molecular weight excluding hydrogens is 214 g/mol. The Bertz CT molecular complexity index is 567. The van der Waals surface area contributed by atoms with E-state index in [4.69, 9.17) is 5.11 Å². The molecule has 2 N–H and O–H groups in total. The van der Waals surface area contributed by atoms with Crippen molar-refractivity contribution in [1.29, 1.82) is 0 Å². The summed E-state index contributed by atoms with van der Waals surface area (Å²) in [6, 6.07) is 3.53. The van der Waals surface area contributed by atoms with E-state index < -0.39 is 5.97 Å². The molecule has 90 valence electrons. The highest BCUT2D eigenvalue weighted by atomic mass is 16.4. The average Bonchev–Trinajstić information content (AvgIpc) is 2.69. The van der Waals surface area contributed by atoms with Gasteiger partial charge in [0.2, 0.25) is 0 Å². The van der Waals surface area contributed by atoms with Gasteiger partial charge in [0.25, 0.3) is 0 Å². The first-order valence-corrected chi connectivity index (χ1v) is 5.91. The summed E-state index contributed by atoms with van der Waals surface area (Å²) >= 11 is 0. The van der Waals surface area contributed by atoms with Crippen LogP contribution in [0.2, 0.25) is 0 Å². The molecule has 0 fully saturated rings. The minimum absolute atomic E-state index is 0.306. The van der Waals surface area contributed by atoms with Crippen LogP contribution in [-0.2, 0) is 6.42 Å². The number of aryl methyl sites for hydroxylation is 1. The van der Waals surface area contributed by atoms with Crippen molar-refractivity contribution in [2.75, 3.05) is 0 Å². The zero-order valence-electron chi connectivity index (χ0n) is 10.4. The zero-order valence-corrected chi connectivity index (χ0v) is 10.4. The first-order chi connectivity index (χ1) is 8.04. The van der Waals surface area contributed by atoms with Gasteiger partial charge in [-0.2, -0.15) is 0 Å². The van der Waals surface area contributed by atoms with Crippen LogP contribution in [0.1, 0.15) is 48.2 Å². The Morgan fingerprint density at radius 2 is 2.12 bits per heavy atom. The maximum absolute atomic E-state index is 11.1. The number of H-pyrrole nitrogens is 1. The lowest BCUT2D eigenvalue weighted by Gasteiger charge is -2.09. The van der Waals surface area contributed by atoms with Gasteiger partial charge < -0.3 is 10.1 Å². The van der Waals surface area contributed by atoms with Gasteiger partial charge in [0.15, 0.2) is 0 Å². The Kier molecular flexibility index (Phi) is 2.92. The molecule has 0 saturated heterocycles. The zero-order chi connectivity index (χ0) is 12.6. The summed E-state index contributed by atoms with van der Waals surface area (Å²) in [7, 11) is 0. The number of aromatic nitrogens is 1. The number of hydrogen-bond donors (Lipinski definition) is 2. The fraction of sp³-hybridized carbons (Fsp3) is 0.357. The van der Waals surface area contributed by atoms with Gasteiger partial charge in [-0.3, -0.25) is 0 Å². The van der Waals surface area contributed by atoms with E-state index in [0.717, 1.165) is 22.9 Å². The van der Waals surface area contributed by atoms with E-state index in [0.29, 0.717) is 11.5 Å². The Hall–Kier alpha value is -1.77. The van der Waals surface area contributed by atoms with Gasteiger partial charge in [-0.15, -0.1) is 0 Å². The van der Waals surface area contributed by atoms with E-state index in [9.17, 15) is 4.79 Å². The van der Waals surface area contributed by atoms with Gasteiger partial charge in [-0.1, -0.05) is 20.8 Å². The molecule has 0 amide bonds. The van der Waals surface area contributed by atoms with Gasteiger partial charge in [0, 0.05) is 17.1 Å². The fourth-order valence-corrected chi connectivity index (χ4v) is 2.19. The highest BCUT2D eigenvalue weighted by molar-refractivity contribution is 5.96. The molecule has 0 spiro atoms. The van der Waals surface area contributed by atoms with Gasteiger partial charge in [0.1, 0.15) is 0 Å². The molecule has 2 aromatic rings. The maximum atomic E-state index is 11.1. The summed E-state index contributed by atoms with van der Waals surface area (Å²) in [5.74, 6) is -0.558. The molecule has 0 saturated carbocycles. The summed E-state index contributed by atoms with van der Waals surface area (Å²) in [5.41, 5.74) is 3.68. The second-order valence-corrected chi connectivity index (χ2v) is 4.62. The first kappa shape index (κ1) is 11.7. The Balaban J connectivity index is 2.78. The van der Waals surface area contributed by atoms with Crippen LogP contribution in [0.4, 0.5) is 0 Å². The van der Waals surface area contributed by atoms with E-state index in [2.05, 4.69) is 25.8 Å². The van der Waals surface area contributed by atoms with Crippen LogP contribution < -0.4 is 0 Å². The largest absolute Gasteiger partial charge is 0.478 e. The van der Waals surface area contributed by atoms with Crippen LogP contribution in [-0.4, -0.2) is 16.1 Å². The lowest BCUT2D eigenvalue weighted by Crippen LogP contribution is -1.99. The molecule has 1 aromatic carbocycles. The topological polar surface area (TPSA) is 53.1 Å². The van der Waals surface area contributed by atoms with Crippen molar-refractivity contribution in [3.05, 3.63) is 35.0 Å². The summed E-state index contributed by atoms with van der Waals surface area (Å²) in [4.78, 5) is 14.4.